The number of hydrogen-bond donors (Lipinski definition) is 1. The number of aromatic nitrogens is 1. The van der Waals surface area contributed by atoms with Gasteiger partial charge in [-0.2, -0.15) is 0 Å². The molecule has 0 saturated heterocycles. The SMILES string of the molecule is CCCc1ccc(Nc2cc(C)nc(C)c2[N+](=O)[O-])cc1. The second-order valence-electron chi connectivity index (χ2n) is 5.07. The summed E-state index contributed by atoms with van der Waals surface area (Å²) in [5.74, 6) is 0. The number of benzene rings is 1. The monoisotopic (exact) mass is 285 g/mol. The van der Waals surface area contributed by atoms with Crippen molar-refractivity contribution in [1.82, 2.24) is 4.98 Å². The van der Waals surface area contributed by atoms with E-state index in [0.717, 1.165) is 24.2 Å². The average Bonchev–Trinajstić information content (AvgIpc) is 2.40. The molecule has 0 spiro atoms. The minimum absolute atomic E-state index is 0.0261. The molecule has 2 aromatic rings. The lowest BCUT2D eigenvalue weighted by Crippen LogP contribution is -2.02. The van der Waals surface area contributed by atoms with Gasteiger partial charge in [0, 0.05) is 11.4 Å². The molecule has 0 amide bonds. The summed E-state index contributed by atoms with van der Waals surface area (Å²) in [6.07, 6.45) is 2.13. The van der Waals surface area contributed by atoms with Crippen LogP contribution in [-0.2, 0) is 6.42 Å². The maximum atomic E-state index is 11.2. The van der Waals surface area contributed by atoms with Crippen LogP contribution in [0.25, 0.3) is 0 Å². The highest BCUT2D eigenvalue weighted by molar-refractivity contribution is 5.71. The zero-order valence-electron chi connectivity index (χ0n) is 12.5. The second kappa shape index (κ2) is 6.35. The summed E-state index contributed by atoms with van der Waals surface area (Å²) in [6.45, 7) is 5.62. The van der Waals surface area contributed by atoms with Gasteiger partial charge in [-0.1, -0.05) is 25.5 Å². The predicted molar refractivity (Wildman–Crippen MR) is 84.1 cm³/mol. The average molecular weight is 285 g/mol. The van der Waals surface area contributed by atoms with E-state index in [1.54, 1.807) is 13.0 Å². The molecular weight excluding hydrogens is 266 g/mol. The number of nitrogens with one attached hydrogen (secondary N) is 1. The molecule has 110 valence electrons. The summed E-state index contributed by atoms with van der Waals surface area (Å²) in [7, 11) is 0. The van der Waals surface area contributed by atoms with Crippen molar-refractivity contribution >= 4 is 17.1 Å². The van der Waals surface area contributed by atoms with Crippen molar-refractivity contribution in [3.05, 3.63) is 57.4 Å². The van der Waals surface area contributed by atoms with Gasteiger partial charge in [0.05, 0.1) is 4.92 Å². The summed E-state index contributed by atoms with van der Waals surface area (Å²) >= 11 is 0. The van der Waals surface area contributed by atoms with Crippen LogP contribution >= 0.6 is 0 Å². The number of pyridine rings is 1. The van der Waals surface area contributed by atoms with Crippen molar-refractivity contribution in [3.63, 3.8) is 0 Å². The normalized spacial score (nSPS) is 10.4. The van der Waals surface area contributed by atoms with Crippen molar-refractivity contribution in [2.75, 3.05) is 5.32 Å². The second-order valence-corrected chi connectivity index (χ2v) is 5.07. The van der Waals surface area contributed by atoms with E-state index < -0.39 is 4.92 Å². The van der Waals surface area contributed by atoms with Gasteiger partial charge in [-0.15, -0.1) is 0 Å². The Kier molecular flexibility index (Phi) is 4.52. The standard InChI is InChI=1S/C16H19N3O2/c1-4-5-13-6-8-14(9-7-13)18-15-10-11(2)17-12(3)16(15)19(20)21/h6-10H,4-5H2,1-3H3,(H,17,18). The van der Waals surface area contributed by atoms with Crippen molar-refractivity contribution in [2.45, 2.75) is 33.6 Å². The van der Waals surface area contributed by atoms with Crippen molar-refractivity contribution < 1.29 is 4.92 Å². The largest absolute Gasteiger partial charge is 0.350 e. The van der Waals surface area contributed by atoms with Gasteiger partial charge in [0.2, 0.25) is 0 Å². The van der Waals surface area contributed by atoms with Gasteiger partial charge in [0.1, 0.15) is 11.4 Å². The van der Waals surface area contributed by atoms with Gasteiger partial charge in [0.15, 0.2) is 0 Å². The zero-order valence-corrected chi connectivity index (χ0v) is 12.5. The van der Waals surface area contributed by atoms with E-state index in [1.165, 1.54) is 5.56 Å². The van der Waals surface area contributed by atoms with E-state index in [4.69, 9.17) is 0 Å². The first-order valence-electron chi connectivity index (χ1n) is 7.00. The van der Waals surface area contributed by atoms with Crippen LogP contribution in [0.2, 0.25) is 0 Å². The summed E-state index contributed by atoms with van der Waals surface area (Å²) in [5, 5.41) is 14.3. The van der Waals surface area contributed by atoms with E-state index >= 15 is 0 Å². The molecule has 5 heteroatoms. The fourth-order valence-corrected chi connectivity index (χ4v) is 2.35. The van der Waals surface area contributed by atoms with Crippen LogP contribution in [0.4, 0.5) is 17.1 Å². The van der Waals surface area contributed by atoms with Gasteiger partial charge in [0.25, 0.3) is 0 Å². The van der Waals surface area contributed by atoms with Crippen LogP contribution in [-0.4, -0.2) is 9.91 Å². The molecule has 1 aromatic heterocycles. The first kappa shape index (κ1) is 15.0. The third kappa shape index (κ3) is 3.56. The highest BCUT2D eigenvalue weighted by Crippen LogP contribution is 2.30. The predicted octanol–water partition coefficient (Wildman–Crippen LogP) is 4.30. The molecule has 0 saturated carbocycles. The molecule has 2 rings (SSSR count). The Balaban J connectivity index is 2.32. The van der Waals surface area contributed by atoms with E-state index in [1.807, 2.05) is 31.2 Å². The Morgan fingerprint density at radius 3 is 2.48 bits per heavy atom. The number of anilines is 2. The topological polar surface area (TPSA) is 68.1 Å². The van der Waals surface area contributed by atoms with Crippen LogP contribution in [0.1, 0.15) is 30.3 Å². The van der Waals surface area contributed by atoms with Gasteiger partial charge in [-0.05, 0) is 44.0 Å². The molecule has 1 N–H and O–H groups in total. The summed E-state index contributed by atoms with van der Waals surface area (Å²) in [4.78, 5) is 15.0. The minimum atomic E-state index is -0.393. The summed E-state index contributed by atoms with van der Waals surface area (Å²) in [6, 6.07) is 9.67. The van der Waals surface area contributed by atoms with Gasteiger partial charge in [-0.25, -0.2) is 0 Å². The van der Waals surface area contributed by atoms with Crippen LogP contribution in [0.5, 0.6) is 0 Å². The lowest BCUT2D eigenvalue weighted by Gasteiger charge is -2.10. The van der Waals surface area contributed by atoms with Crippen molar-refractivity contribution in [2.24, 2.45) is 0 Å². The Hall–Kier alpha value is -2.43. The quantitative estimate of drug-likeness (QED) is 0.656. The van der Waals surface area contributed by atoms with Crippen LogP contribution in [0.3, 0.4) is 0 Å². The molecule has 0 atom stereocenters. The van der Waals surface area contributed by atoms with Crippen molar-refractivity contribution in [3.8, 4) is 0 Å². The van der Waals surface area contributed by atoms with E-state index in [9.17, 15) is 10.1 Å². The summed E-state index contributed by atoms with van der Waals surface area (Å²) < 4.78 is 0. The lowest BCUT2D eigenvalue weighted by molar-refractivity contribution is -0.384. The molecule has 0 unspecified atom stereocenters. The third-order valence-electron chi connectivity index (χ3n) is 3.25. The van der Waals surface area contributed by atoms with E-state index in [2.05, 4.69) is 17.2 Å². The highest BCUT2D eigenvalue weighted by Gasteiger charge is 2.19. The molecule has 1 aromatic carbocycles. The Labute approximate surface area is 124 Å². The molecular formula is C16H19N3O2. The third-order valence-corrected chi connectivity index (χ3v) is 3.25. The minimum Gasteiger partial charge on any atom is -0.350 e. The number of aryl methyl sites for hydroxylation is 3. The number of hydrogen-bond acceptors (Lipinski definition) is 4. The molecule has 5 nitrogen and oxygen atoms in total. The first-order valence-corrected chi connectivity index (χ1v) is 7.00. The van der Waals surface area contributed by atoms with Crippen LogP contribution < -0.4 is 5.32 Å². The molecule has 1 heterocycles. The maximum Gasteiger partial charge on any atom is 0.313 e. The van der Waals surface area contributed by atoms with Crippen LogP contribution in [0.15, 0.2) is 30.3 Å². The molecule has 0 aliphatic rings. The molecule has 0 fully saturated rings. The number of rotatable bonds is 5. The summed E-state index contributed by atoms with van der Waals surface area (Å²) in [5.41, 5.74) is 3.78. The maximum absolute atomic E-state index is 11.2. The van der Waals surface area contributed by atoms with Crippen LogP contribution in [0, 0.1) is 24.0 Å². The first-order chi connectivity index (χ1) is 10.0. The number of nitro groups is 1. The Morgan fingerprint density at radius 2 is 1.90 bits per heavy atom. The Morgan fingerprint density at radius 1 is 1.24 bits per heavy atom. The van der Waals surface area contributed by atoms with Gasteiger partial charge >= 0.3 is 5.69 Å². The lowest BCUT2D eigenvalue weighted by atomic mass is 10.1. The van der Waals surface area contributed by atoms with Crippen molar-refractivity contribution in [1.29, 1.82) is 0 Å². The smallest absolute Gasteiger partial charge is 0.313 e. The van der Waals surface area contributed by atoms with E-state index in [-0.39, 0.29) is 5.69 Å². The van der Waals surface area contributed by atoms with Gasteiger partial charge < -0.3 is 5.32 Å². The highest BCUT2D eigenvalue weighted by atomic mass is 16.6. The molecule has 0 aliphatic heterocycles. The number of nitrogens with zero attached hydrogens (tertiary/aromatic N) is 2. The molecule has 0 radical (unpaired) electrons. The van der Waals surface area contributed by atoms with E-state index in [0.29, 0.717) is 11.4 Å². The molecule has 0 bridgehead atoms. The van der Waals surface area contributed by atoms with Gasteiger partial charge in [-0.3, -0.25) is 15.1 Å². The molecule has 0 aliphatic carbocycles. The Bertz CT molecular complexity index is 651. The fourth-order valence-electron chi connectivity index (χ4n) is 2.35. The zero-order chi connectivity index (χ0) is 15.4. The molecule has 21 heavy (non-hydrogen) atoms. The fraction of sp³-hybridized carbons (Fsp3) is 0.312.